The van der Waals surface area contributed by atoms with E-state index in [0.29, 0.717) is 12.2 Å². The van der Waals surface area contributed by atoms with Crippen LogP contribution in [0.4, 0.5) is 5.69 Å². The molecule has 2 amide bonds. The van der Waals surface area contributed by atoms with Gasteiger partial charge in [0.25, 0.3) is 10.0 Å². The van der Waals surface area contributed by atoms with E-state index in [9.17, 15) is 18.0 Å². The maximum atomic E-state index is 14.5. The lowest BCUT2D eigenvalue weighted by Crippen LogP contribution is -2.53. The van der Waals surface area contributed by atoms with Gasteiger partial charge in [0.05, 0.1) is 10.6 Å². The average molecular weight is 612 g/mol. The number of aryl methyl sites for hydroxylation is 3. The van der Waals surface area contributed by atoms with Crippen LogP contribution in [0, 0.1) is 20.8 Å². The van der Waals surface area contributed by atoms with Crippen molar-refractivity contribution in [2.75, 3.05) is 17.4 Å². The van der Waals surface area contributed by atoms with Crippen LogP contribution in [0.2, 0.25) is 0 Å². The van der Waals surface area contributed by atoms with E-state index in [1.54, 1.807) is 24.3 Å². The standard InChI is InChI=1S/C36H41N3O4S/c1-5-22-37-36(41)34(24-30-15-8-6-9-16-30)38(25-31-17-13-12-14-28(31)3)35(40)26-39(33-21-20-27(2)23-29(33)4)44(42,43)32-18-10-7-11-19-32/h6-21,23,34H,5,22,24-26H2,1-4H3,(H,37,41). The summed E-state index contributed by atoms with van der Waals surface area (Å²) < 4.78 is 29.5. The Balaban J connectivity index is 1.82. The van der Waals surface area contributed by atoms with E-state index in [1.165, 1.54) is 21.3 Å². The Hall–Kier alpha value is -4.43. The van der Waals surface area contributed by atoms with Crippen LogP contribution in [0.1, 0.15) is 41.2 Å². The fourth-order valence-corrected chi connectivity index (χ4v) is 6.71. The number of nitrogens with zero attached hydrogens (tertiary/aromatic N) is 2. The molecule has 1 unspecified atom stereocenters. The zero-order valence-electron chi connectivity index (χ0n) is 25.9. The van der Waals surface area contributed by atoms with Crippen molar-refractivity contribution in [3.05, 3.63) is 131 Å². The molecule has 0 aliphatic heterocycles. The largest absolute Gasteiger partial charge is 0.354 e. The minimum atomic E-state index is -4.13. The van der Waals surface area contributed by atoms with Gasteiger partial charge in [0.2, 0.25) is 11.8 Å². The molecule has 0 aliphatic carbocycles. The molecule has 4 aromatic rings. The number of benzene rings is 4. The van der Waals surface area contributed by atoms with Crippen LogP contribution < -0.4 is 9.62 Å². The molecule has 230 valence electrons. The number of nitrogens with one attached hydrogen (secondary N) is 1. The zero-order chi connectivity index (χ0) is 31.7. The van der Waals surface area contributed by atoms with Crippen LogP contribution in [0.3, 0.4) is 0 Å². The Morgan fingerprint density at radius 3 is 2.07 bits per heavy atom. The van der Waals surface area contributed by atoms with Crippen molar-refractivity contribution >= 4 is 27.5 Å². The molecule has 0 fully saturated rings. The fourth-order valence-electron chi connectivity index (χ4n) is 5.21. The van der Waals surface area contributed by atoms with Crippen LogP contribution in [0.15, 0.2) is 108 Å². The molecule has 0 spiro atoms. The summed E-state index contributed by atoms with van der Waals surface area (Å²) >= 11 is 0. The predicted octanol–water partition coefficient (Wildman–Crippen LogP) is 5.97. The van der Waals surface area contributed by atoms with E-state index in [-0.39, 0.29) is 23.8 Å². The molecule has 0 saturated carbocycles. The Labute approximate surface area is 261 Å². The van der Waals surface area contributed by atoms with Crippen molar-refractivity contribution in [1.82, 2.24) is 10.2 Å². The molecule has 0 bridgehead atoms. The summed E-state index contributed by atoms with van der Waals surface area (Å²) in [6.45, 7) is 7.84. The lowest BCUT2D eigenvalue weighted by atomic mass is 10.0. The molecule has 0 saturated heterocycles. The summed E-state index contributed by atoms with van der Waals surface area (Å²) in [6, 6.07) is 30.0. The van der Waals surface area contributed by atoms with Gasteiger partial charge in [-0.3, -0.25) is 13.9 Å². The molecule has 44 heavy (non-hydrogen) atoms. The zero-order valence-corrected chi connectivity index (χ0v) is 26.7. The van der Waals surface area contributed by atoms with Crippen LogP contribution >= 0.6 is 0 Å². The Morgan fingerprint density at radius 2 is 1.43 bits per heavy atom. The number of anilines is 1. The van der Waals surface area contributed by atoms with Crippen LogP contribution in [0.5, 0.6) is 0 Å². The number of amides is 2. The van der Waals surface area contributed by atoms with Gasteiger partial charge in [-0.25, -0.2) is 8.42 Å². The summed E-state index contributed by atoms with van der Waals surface area (Å²) in [5.41, 5.74) is 4.87. The minimum Gasteiger partial charge on any atom is -0.354 e. The van der Waals surface area contributed by atoms with Gasteiger partial charge >= 0.3 is 0 Å². The number of hydrogen-bond donors (Lipinski definition) is 1. The monoisotopic (exact) mass is 611 g/mol. The third-order valence-electron chi connectivity index (χ3n) is 7.65. The SMILES string of the molecule is CCCNC(=O)C(Cc1ccccc1)N(Cc1ccccc1C)C(=O)CN(c1ccc(C)cc1C)S(=O)(=O)c1ccccc1. The second-order valence-corrected chi connectivity index (χ2v) is 12.9. The predicted molar refractivity (Wildman–Crippen MR) is 176 cm³/mol. The van der Waals surface area contributed by atoms with Gasteiger partial charge in [0.1, 0.15) is 12.6 Å². The van der Waals surface area contributed by atoms with Gasteiger partial charge < -0.3 is 10.2 Å². The number of sulfonamides is 1. The van der Waals surface area contributed by atoms with Crippen molar-refractivity contribution in [3.63, 3.8) is 0 Å². The van der Waals surface area contributed by atoms with E-state index >= 15 is 0 Å². The quantitative estimate of drug-likeness (QED) is 0.202. The van der Waals surface area contributed by atoms with Gasteiger partial charge in [0.15, 0.2) is 0 Å². The normalized spacial score (nSPS) is 11.9. The molecule has 4 aromatic carbocycles. The van der Waals surface area contributed by atoms with Gasteiger partial charge in [-0.05, 0) is 67.6 Å². The number of carbonyl (C=O) groups excluding carboxylic acids is 2. The van der Waals surface area contributed by atoms with Gasteiger partial charge in [-0.2, -0.15) is 0 Å². The molecule has 1 N–H and O–H groups in total. The first kappa shape index (κ1) is 32.5. The molecule has 4 rings (SSSR count). The van der Waals surface area contributed by atoms with Crippen LogP contribution in [-0.2, 0) is 32.6 Å². The first-order valence-electron chi connectivity index (χ1n) is 14.9. The highest BCUT2D eigenvalue weighted by molar-refractivity contribution is 7.92. The van der Waals surface area contributed by atoms with E-state index < -0.39 is 28.5 Å². The maximum Gasteiger partial charge on any atom is 0.264 e. The molecule has 0 heterocycles. The summed E-state index contributed by atoms with van der Waals surface area (Å²) in [5, 5.41) is 2.98. The first-order valence-corrected chi connectivity index (χ1v) is 16.4. The molecule has 0 radical (unpaired) electrons. The van der Waals surface area contributed by atoms with Gasteiger partial charge in [-0.1, -0.05) is 97.4 Å². The number of rotatable bonds is 13. The Morgan fingerprint density at radius 1 is 0.795 bits per heavy atom. The maximum absolute atomic E-state index is 14.5. The fraction of sp³-hybridized carbons (Fsp3) is 0.278. The second kappa shape index (κ2) is 14.8. The molecule has 1 atom stereocenters. The third-order valence-corrected chi connectivity index (χ3v) is 9.43. The number of carbonyl (C=O) groups is 2. The second-order valence-electron chi connectivity index (χ2n) is 11.1. The summed E-state index contributed by atoms with van der Waals surface area (Å²) in [7, 11) is -4.13. The highest BCUT2D eigenvalue weighted by atomic mass is 32.2. The van der Waals surface area contributed by atoms with E-state index in [0.717, 1.165) is 34.2 Å². The molecule has 7 nitrogen and oxygen atoms in total. The lowest BCUT2D eigenvalue weighted by molar-refractivity contribution is -0.140. The average Bonchev–Trinajstić information content (AvgIpc) is 3.02. The van der Waals surface area contributed by atoms with Crippen molar-refractivity contribution in [3.8, 4) is 0 Å². The van der Waals surface area contributed by atoms with E-state index in [2.05, 4.69) is 5.32 Å². The molecular weight excluding hydrogens is 570 g/mol. The van der Waals surface area contributed by atoms with Crippen LogP contribution in [-0.4, -0.2) is 44.3 Å². The first-order chi connectivity index (χ1) is 21.1. The summed E-state index contributed by atoms with van der Waals surface area (Å²) in [5.74, 6) is -0.748. The van der Waals surface area contributed by atoms with Crippen LogP contribution in [0.25, 0.3) is 0 Å². The highest BCUT2D eigenvalue weighted by Gasteiger charge is 2.35. The van der Waals surface area contributed by atoms with Crippen molar-refractivity contribution < 1.29 is 18.0 Å². The summed E-state index contributed by atoms with van der Waals surface area (Å²) in [6.07, 6.45) is 1.02. The van der Waals surface area contributed by atoms with E-state index in [4.69, 9.17) is 0 Å². The van der Waals surface area contributed by atoms with Crippen molar-refractivity contribution in [2.45, 2.75) is 58.0 Å². The Bertz CT molecular complexity index is 1670. The van der Waals surface area contributed by atoms with Crippen molar-refractivity contribution in [1.29, 1.82) is 0 Å². The van der Waals surface area contributed by atoms with Gasteiger partial charge in [0, 0.05) is 19.5 Å². The third kappa shape index (κ3) is 7.94. The highest BCUT2D eigenvalue weighted by Crippen LogP contribution is 2.28. The van der Waals surface area contributed by atoms with Gasteiger partial charge in [-0.15, -0.1) is 0 Å². The smallest absolute Gasteiger partial charge is 0.264 e. The minimum absolute atomic E-state index is 0.0831. The molecular formula is C36H41N3O4S. The lowest BCUT2D eigenvalue weighted by Gasteiger charge is -2.34. The van der Waals surface area contributed by atoms with Crippen molar-refractivity contribution in [2.24, 2.45) is 0 Å². The van der Waals surface area contributed by atoms with E-state index in [1.807, 2.05) is 94.4 Å². The Kier molecular flexibility index (Phi) is 11.0. The summed E-state index contributed by atoms with van der Waals surface area (Å²) in [4.78, 5) is 29.9. The number of hydrogen-bond acceptors (Lipinski definition) is 4. The molecule has 0 aromatic heterocycles. The topological polar surface area (TPSA) is 86.8 Å². The molecule has 0 aliphatic rings. The molecule has 8 heteroatoms.